The van der Waals surface area contributed by atoms with Gasteiger partial charge in [0, 0.05) is 17.1 Å². The van der Waals surface area contributed by atoms with Crippen molar-refractivity contribution in [1.29, 1.82) is 5.26 Å². The first-order valence-electron chi connectivity index (χ1n) is 8.50. The zero-order valence-corrected chi connectivity index (χ0v) is 15.6. The van der Waals surface area contributed by atoms with E-state index in [-0.39, 0.29) is 20.9 Å². The standard InChI is InChI=1S/C22H12F2N2O2S/c23-16-5-3-4-14(10-16)22-18-6-1-2-7-20(18)26-13-21(22)29(27,28)17-8-9-19(24)15(11-17)12-25/h1-11,13H. The van der Waals surface area contributed by atoms with Crippen LogP contribution in [-0.4, -0.2) is 13.4 Å². The van der Waals surface area contributed by atoms with Crippen LogP contribution in [0.2, 0.25) is 0 Å². The Labute approximate surface area is 165 Å². The second-order valence-electron chi connectivity index (χ2n) is 6.28. The average Bonchev–Trinajstić information content (AvgIpc) is 2.73. The fraction of sp³-hybridized carbons (Fsp3) is 0. The van der Waals surface area contributed by atoms with Crippen LogP contribution in [0.4, 0.5) is 8.78 Å². The lowest BCUT2D eigenvalue weighted by molar-refractivity contribution is 0.594. The molecule has 0 atom stereocenters. The van der Waals surface area contributed by atoms with Gasteiger partial charge in [-0.15, -0.1) is 0 Å². The Balaban J connectivity index is 2.06. The highest BCUT2D eigenvalue weighted by atomic mass is 32.2. The maximum absolute atomic E-state index is 13.9. The number of halogens is 2. The Morgan fingerprint density at radius 3 is 2.48 bits per heavy atom. The molecule has 0 aliphatic carbocycles. The van der Waals surface area contributed by atoms with Crippen molar-refractivity contribution >= 4 is 20.7 Å². The topological polar surface area (TPSA) is 70.8 Å². The maximum atomic E-state index is 13.9. The number of nitriles is 1. The molecule has 1 heterocycles. The van der Waals surface area contributed by atoms with Crippen LogP contribution >= 0.6 is 0 Å². The number of hydrogen-bond donors (Lipinski definition) is 0. The SMILES string of the molecule is N#Cc1cc(S(=O)(=O)c2cnc3ccccc3c2-c2cccc(F)c2)ccc1F. The summed E-state index contributed by atoms with van der Waals surface area (Å²) >= 11 is 0. The van der Waals surface area contributed by atoms with E-state index >= 15 is 0 Å². The average molecular weight is 406 g/mol. The highest BCUT2D eigenvalue weighted by Gasteiger charge is 2.25. The monoisotopic (exact) mass is 406 g/mol. The molecule has 3 aromatic carbocycles. The van der Waals surface area contributed by atoms with E-state index in [2.05, 4.69) is 4.98 Å². The second kappa shape index (κ2) is 7.08. The van der Waals surface area contributed by atoms with Gasteiger partial charge in [-0.25, -0.2) is 17.2 Å². The van der Waals surface area contributed by atoms with E-state index in [0.29, 0.717) is 16.5 Å². The highest BCUT2D eigenvalue weighted by Crippen LogP contribution is 2.36. The number of rotatable bonds is 3. The van der Waals surface area contributed by atoms with Gasteiger partial charge in [0.1, 0.15) is 17.7 Å². The van der Waals surface area contributed by atoms with Crippen LogP contribution in [0.25, 0.3) is 22.0 Å². The first kappa shape index (κ1) is 18.7. The third-order valence-electron chi connectivity index (χ3n) is 4.51. The molecule has 4 aromatic rings. The van der Waals surface area contributed by atoms with E-state index in [0.717, 1.165) is 18.2 Å². The van der Waals surface area contributed by atoms with Gasteiger partial charge in [-0.2, -0.15) is 5.26 Å². The lowest BCUT2D eigenvalue weighted by Crippen LogP contribution is -2.06. The fourth-order valence-electron chi connectivity index (χ4n) is 3.15. The molecule has 0 aliphatic rings. The normalized spacial score (nSPS) is 11.3. The highest BCUT2D eigenvalue weighted by molar-refractivity contribution is 7.91. The van der Waals surface area contributed by atoms with E-state index in [1.165, 1.54) is 24.4 Å². The van der Waals surface area contributed by atoms with Crippen molar-refractivity contribution in [2.24, 2.45) is 0 Å². The summed E-state index contributed by atoms with van der Waals surface area (Å²) in [6.45, 7) is 0. The van der Waals surface area contributed by atoms with Gasteiger partial charge in [0.2, 0.25) is 9.84 Å². The Kier molecular flexibility index (Phi) is 4.57. The zero-order chi connectivity index (χ0) is 20.6. The molecule has 4 rings (SSSR count). The smallest absolute Gasteiger partial charge is 0.208 e. The van der Waals surface area contributed by atoms with E-state index in [1.807, 2.05) is 0 Å². The first-order valence-corrected chi connectivity index (χ1v) is 9.98. The van der Waals surface area contributed by atoms with Crippen molar-refractivity contribution in [1.82, 2.24) is 4.98 Å². The Morgan fingerprint density at radius 1 is 0.931 bits per heavy atom. The molecular weight excluding hydrogens is 394 g/mol. The molecule has 0 bridgehead atoms. The third kappa shape index (κ3) is 3.24. The van der Waals surface area contributed by atoms with Gasteiger partial charge in [0.05, 0.1) is 20.9 Å². The lowest BCUT2D eigenvalue weighted by Gasteiger charge is -2.14. The minimum absolute atomic E-state index is 0.155. The zero-order valence-electron chi connectivity index (χ0n) is 14.8. The van der Waals surface area contributed by atoms with Crippen LogP contribution in [0.1, 0.15) is 5.56 Å². The Hall–Kier alpha value is -3.63. The number of fused-ring (bicyclic) bond motifs is 1. The number of pyridine rings is 1. The van der Waals surface area contributed by atoms with Gasteiger partial charge in [-0.05, 0) is 42.0 Å². The van der Waals surface area contributed by atoms with E-state index in [9.17, 15) is 17.2 Å². The van der Waals surface area contributed by atoms with Crippen LogP contribution in [0, 0.1) is 23.0 Å². The van der Waals surface area contributed by atoms with Gasteiger partial charge in [0.25, 0.3) is 0 Å². The summed E-state index contributed by atoms with van der Waals surface area (Å²) in [6.07, 6.45) is 1.20. The number of nitrogens with zero attached hydrogens (tertiary/aromatic N) is 2. The molecule has 142 valence electrons. The maximum Gasteiger partial charge on any atom is 0.208 e. The summed E-state index contributed by atoms with van der Waals surface area (Å²) in [6, 6.07) is 17.2. The summed E-state index contributed by atoms with van der Waals surface area (Å²) in [5, 5.41) is 9.57. The van der Waals surface area contributed by atoms with Crippen molar-refractivity contribution in [3.05, 3.63) is 90.1 Å². The predicted molar refractivity (Wildman–Crippen MR) is 104 cm³/mol. The first-order chi connectivity index (χ1) is 13.9. The molecule has 0 amide bonds. The van der Waals surface area contributed by atoms with Gasteiger partial charge in [-0.3, -0.25) is 4.98 Å². The Bertz CT molecular complexity index is 1410. The van der Waals surface area contributed by atoms with Crippen LogP contribution < -0.4 is 0 Å². The van der Waals surface area contributed by atoms with Gasteiger partial charge >= 0.3 is 0 Å². The molecular formula is C22H12F2N2O2S. The molecule has 0 aliphatic heterocycles. The van der Waals surface area contributed by atoms with Crippen LogP contribution in [-0.2, 0) is 9.84 Å². The van der Waals surface area contributed by atoms with E-state index in [1.54, 1.807) is 36.4 Å². The number of aromatic nitrogens is 1. The van der Waals surface area contributed by atoms with Gasteiger partial charge < -0.3 is 0 Å². The second-order valence-corrected chi connectivity index (χ2v) is 8.20. The summed E-state index contributed by atoms with van der Waals surface area (Å²) in [4.78, 5) is 3.83. The van der Waals surface area contributed by atoms with Crippen molar-refractivity contribution < 1.29 is 17.2 Å². The molecule has 0 unspecified atom stereocenters. The molecule has 0 saturated heterocycles. The number of benzene rings is 3. The van der Waals surface area contributed by atoms with Crippen molar-refractivity contribution in [3.63, 3.8) is 0 Å². The van der Waals surface area contributed by atoms with Crippen molar-refractivity contribution in [3.8, 4) is 17.2 Å². The minimum atomic E-state index is -4.17. The summed E-state index contributed by atoms with van der Waals surface area (Å²) in [5.74, 6) is -1.33. The van der Waals surface area contributed by atoms with Crippen LogP contribution in [0.3, 0.4) is 0 Å². The number of hydrogen-bond acceptors (Lipinski definition) is 4. The van der Waals surface area contributed by atoms with E-state index < -0.39 is 21.5 Å². The molecule has 29 heavy (non-hydrogen) atoms. The molecule has 7 heteroatoms. The molecule has 1 aromatic heterocycles. The number of para-hydroxylation sites is 1. The molecule has 4 nitrogen and oxygen atoms in total. The summed E-state index contributed by atoms with van der Waals surface area (Å²) in [5.41, 5.74) is 0.817. The van der Waals surface area contributed by atoms with Crippen LogP contribution in [0.5, 0.6) is 0 Å². The van der Waals surface area contributed by atoms with Gasteiger partial charge in [0.15, 0.2) is 0 Å². The minimum Gasteiger partial charge on any atom is -0.255 e. The summed E-state index contributed by atoms with van der Waals surface area (Å²) in [7, 11) is -4.17. The quantitative estimate of drug-likeness (QED) is 0.455. The third-order valence-corrected chi connectivity index (χ3v) is 6.28. The fourth-order valence-corrected chi connectivity index (χ4v) is 4.61. The molecule has 0 saturated carbocycles. The molecule has 0 spiro atoms. The largest absolute Gasteiger partial charge is 0.255 e. The molecule has 0 radical (unpaired) electrons. The summed E-state index contributed by atoms with van der Waals surface area (Å²) < 4.78 is 54.3. The van der Waals surface area contributed by atoms with E-state index in [4.69, 9.17) is 5.26 Å². The lowest BCUT2D eigenvalue weighted by atomic mass is 10.0. The Morgan fingerprint density at radius 2 is 1.72 bits per heavy atom. The number of sulfone groups is 1. The van der Waals surface area contributed by atoms with Crippen molar-refractivity contribution in [2.45, 2.75) is 9.79 Å². The van der Waals surface area contributed by atoms with Gasteiger partial charge in [-0.1, -0.05) is 30.3 Å². The molecule has 0 fully saturated rings. The van der Waals surface area contributed by atoms with Crippen LogP contribution in [0.15, 0.2) is 82.7 Å². The predicted octanol–water partition coefficient (Wildman–Crippen LogP) is 4.88. The molecule has 0 N–H and O–H groups in total. The van der Waals surface area contributed by atoms with Crippen molar-refractivity contribution in [2.75, 3.05) is 0 Å².